The number of likely N-dealkylation sites (N-methyl/N-ethyl adjacent to an activating group) is 1. The molecule has 3 unspecified atom stereocenters. The molecule has 0 aromatic rings. The second-order valence-corrected chi connectivity index (χ2v) is 5.76. The largest absolute Gasteiger partial charge is 0.480 e. The number of hydrogen-bond donors (Lipinski definition) is 3. The summed E-state index contributed by atoms with van der Waals surface area (Å²) in [6.45, 7) is 3.19. The number of carboxylic acids is 1. The number of nitrogens with zero attached hydrogens (tertiary/aromatic N) is 2. The van der Waals surface area contributed by atoms with Gasteiger partial charge in [0.1, 0.15) is 6.04 Å². The Morgan fingerprint density at radius 1 is 1.38 bits per heavy atom. The first kappa shape index (κ1) is 17.2. The van der Waals surface area contributed by atoms with Gasteiger partial charge in [-0.2, -0.15) is 0 Å². The predicted molar refractivity (Wildman–Crippen MR) is 76.6 cm³/mol. The quantitative estimate of drug-likeness (QED) is 0.599. The van der Waals surface area contributed by atoms with Crippen molar-refractivity contribution in [3.8, 4) is 0 Å². The van der Waals surface area contributed by atoms with Crippen LogP contribution in [0.15, 0.2) is 0 Å². The van der Waals surface area contributed by atoms with Crippen LogP contribution in [-0.2, 0) is 9.59 Å². The molecule has 1 fully saturated rings. The molecule has 21 heavy (non-hydrogen) atoms. The number of hydrogen-bond acceptors (Lipinski definition) is 4. The molecule has 0 aromatic carbocycles. The summed E-state index contributed by atoms with van der Waals surface area (Å²) in [6, 6.07) is -1.26. The van der Waals surface area contributed by atoms with Crippen LogP contribution in [0.2, 0.25) is 0 Å². The highest BCUT2D eigenvalue weighted by Crippen LogP contribution is 2.20. The zero-order valence-electron chi connectivity index (χ0n) is 12.7. The third-order valence-electron chi connectivity index (χ3n) is 3.80. The first-order valence-electron chi connectivity index (χ1n) is 6.95. The van der Waals surface area contributed by atoms with Gasteiger partial charge in [-0.05, 0) is 26.4 Å². The fraction of sp³-hybridized carbons (Fsp3) is 0.769. The van der Waals surface area contributed by atoms with Crippen molar-refractivity contribution in [3.05, 3.63) is 0 Å². The van der Waals surface area contributed by atoms with Gasteiger partial charge in [-0.15, -0.1) is 0 Å². The lowest BCUT2D eigenvalue weighted by atomic mass is 10.1. The Bertz CT molecular complexity index is 413. The van der Waals surface area contributed by atoms with E-state index in [4.69, 9.17) is 10.8 Å². The monoisotopic (exact) mass is 300 g/mol. The Hall–Kier alpha value is -1.83. The van der Waals surface area contributed by atoms with E-state index >= 15 is 0 Å². The second kappa shape index (κ2) is 7.26. The molecule has 0 bridgehead atoms. The Morgan fingerprint density at radius 2 is 2.00 bits per heavy atom. The highest BCUT2D eigenvalue weighted by Gasteiger charge is 2.34. The van der Waals surface area contributed by atoms with Crippen LogP contribution in [0.1, 0.15) is 19.8 Å². The van der Waals surface area contributed by atoms with Gasteiger partial charge >= 0.3 is 12.0 Å². The van der Waals surface area contributed by atoms with E-state index in [-0.39, 0.29) is 18.9 Å². The Kier molecular flexibility index (Phi) is 5.95. The summed E-state index contributed by atoms with van der Waals surface area (Å²) in [6.07, 6.45) is -0.0785. The number of carbonyl (C=O) groups excluding carboxylic acids is 2. The molecule has 3 atom stereocenters. The first-order valence-corrected chi connectivity index (χ1v) is 6.95. The van der Waals surface area contributed by atoms with Crippen LogP contribution in [0.3, 0.4) is 0 Å². The van der Waals surface area contributed by atoms with Crippen molar-refractivity contribution < 1.29 is 19.5 Å². The van der Waals surface area contributed by atoms with Crippen LogP contribution in [0.25, 0.3) is 0 Å². The van der Waals surface area contributed by atoms with Gasteiger partial charge in [-0.25, -0.2) is 9.59 Å². The highest BCUT2D eigenvalue weighted by molar-refractivity contribution is 5.83. The molecule has 1 aliphatic rings. The molecule has 8 heteroatoms. The van der Waals surface area contributed by atoms with E-state index in [2.05, 4.69) is 17.1 Å². The van der Waals surface area contributed by atoms with Gasteiger partial charge < -0.3 is 26.0 Å². The van der Waals surface area contributed by atoms with Crippen molar-refractivity contribution in [2.75, 3.05) is 27.2 Å². The van der Waals surface area contributed by atoms with Crippen molar-refractivity contribution >= 4 is 17.9 Å². The average molecular weight is 300 g/mol. The Labute approximate surface area is 124 Å². The molecule has 4 N–H and O–H groups in total. The van der Waals surface area contributed by atoms with Crippen LogP contribution < -0.4 is 11.1 Å². The van der Waals surface area contributed by atoms with Crippen molar-refractivity contribution in [1.82, 2.24) is 15.1 Å². The zero-order chi connectivity index (χ0) is 16.2. The van der Waals surface area contributed by atoms with Crippen LogP contribution in [-0.4, -0.2) is 72.1 Å². The smallest absolute Gasteiger partial charge is 0.326 e. The average Bonchev–Trinajstić information content (AvgIpc) is 2.75. The fourth-order valence-corrected chi connectivity index (χ4v) is 2.57. The van der Waals surface area contributed by atoms with Crippen molar-refractivity contribution in [1.29, 1.82) is 0 Å². The molecule has 0 radical (unpaired) electrons. The van der Waals surface area contributed by atoms with E-state index in [1.807, 2.05) is 14.1 Å². The zero-order valence-corrected chi connectivity index (χ0v) is 12.7. The van der Waals surface area contributed by atoms with Gasteiger partial charge in [0.05, 0.1) is 0 Å². The second-order valence-electron chi connectivity index (χ2n) is 5.76. The summed E-state index contributed by atoms with van der Waals surface area (Å²) in [5.74, 6) is -1.43. The SMILES string of the molecule is CC1CN(C(=O)NC(CCC(N)=O)C(=O)O)CC1N(C)C. The summed E-state index contributed by atoms with van der Waals surface area (Å²) in [5.41, 5.74) is 5.00. The third-order valence-corrected chi connectivity index (χ3v) is 3.80. The number of nitrogens with one attached hydrogen (secondary N) is 1. The summed E-state index contributed by atoms with van der Waals surface area (Å²) >= 11 is 0. The number of primary amides is 1. The fourth-order valence-electron chi connectivity index (χ4n) is 2.57. The van der Waals surface area contributed by atoms with Crippen molar-refractivity contribution in [2.45, 2.75) is 31.8 Å². The van der Waals surface area contributed by atoms with Gasteiger partial charge in [0.2, 0.25) is 5.91 Å². The molecule has 3 amide bonds. The topological polar surface area (TPSA) is 116 Å². The predicted octanol–water partition coefficient (Wildman–Crippen LogP) is -0.703. The number of carbonyl (C=O) groups is 3. The van der Waals surface area contributed by atoms with Crippen LogP contribution >= 0.6 is 0 Å². The van der Waals surface area contributed by atoms with E-state index in [0.717, 1.165) is 0 Å². The van der Waals surface area contributed by atoms with Crippen LogP contribution in [0.5, 0.6) is 0 Å². The molecule has 0 aromatic heterocycles. The molecule has 1 aliphatic heterocycles. The molecule has 1 saturated heterocycles. The molecule has 1 rings (SSSR count). The minimum atomic E-state index is -1.17. The van der Waals surface area contributed by atoms with Gasteiger partial charge in [0.25, 0.3) is 0 Å². The Morgan fingerprint density at radius 3 is 2.43 bits per heavy atom. The lowest BCUT2D eigenvalue weighted by molar-refractivity contribution is -0.139. The Balaban J connectivity index is 2.58. The first-order chi connectivity index (χ1) is 9.72. The number of rotatable bonds is 6. The maximum Gasteiger partial charge on any atom is 0.326 e. The van der Waals surface area contributed by atoms with Gasteiger partial charge in [0, 0.05) is 25.6 Å². The molecule has 120 valence electrons. The van der Waals surface area contributed by atoms with Crippen molar-refractivity contribution in [3.63, 3.8) is 0 Å². The molecule has 8 nitrogen and oxygen atoms in total. The lowest BCUT2D eigenvalue weighted by Crippen LogP contribution is -2.48. The number of aliphatic carboxylic acids is 1. The summed E-state index contributed by atoms with van der Waals surface area (Å²) < 4.78 is 0. The van der Waals surface area contributed by atoms with Gasteiger partial charge in [0.15, 0.2) is 0 Å². The number of likely N-dealkylation sites (tertiary alicyclic amines) is 1. The number of nitrogens with two attached hydrogens (primary N) is 1. The van der Waals surface area contributed by atoms with E-state index in [0.29, 0.717) is 19.0 Å². The standard InChI is InChI=1S/C13H24N4O4/c1-8-6-17(7-10(8)16(2)3)13(21)15-9(12(19)20)4-5-11(14)18/h8-10H,4-7H2,1-3H3,(H2,14,18)(H,15,21)(H,19,20). The minimum Gasteiger partial charge on any atom is -0.480 e. The van der Waals surface area contributed by atoms with E-state index in [1.54, 1.807) is 4.90 Å². The number of amides is 3. The molecule has 0 spiro atoms. The molecular formula is C13H24N4O4. The van der Waals surface area contributed by atoms with Gasteiger partial charge in [-0.3, -0.25) is 4.79 Å². The highest BCUT2D eigenvalue weighted by atomic mass is 16.4. The molecular weight excluding hydrogens is 276 g/mol. The molecule has 0 aliphatic carbocycles. The molecule has 1 heterocycles. The summed E-state index contributed by atoms with van der Waals surface area (Å²) in [7, 11) is 3.91. The van der Waals surface area contributed by atoms with E-state index in [1.165, 1.54) is 0 Å². The summed E-state index contributed by atoms with van der Waals surface area (Å²) in [5, 5.41) is 11.5. The summed E-state index contributed by atoms with van der Waals surface area (Å²) in [4.78, 5) is 37.6. The normalized spacial score (nSPS) is 23.1. The van der Waals surface area contributed by atoms with E-state index in [9.17, 15) is 14.4 Å². The van der Waals surface area contributed by atoms with Crippen LogP contribution in [0.4, 0.5) is 4.79 Å². The lowest BCUT2D eigenvalue weighted by Gasteiger charge is -2.23. The van der Waals surface area contributed by atoms with E-state index < -0.39 is 23.9 Å². The van der Waals surface area contributed by atoms with Gasteiger partial charge in [-0.1, -0.05) is 6.92 Å². The third kappa shape index (κ3) is 4.89. The molecule has 0 saturated carbocycles. The minimum absolute atomic E-state index is 0.00307. The van der Waals surface area contributed by atoms with Crippen molar-refractivity contribution in [2.24, 2.45) is 11.7 Å². The maximum absolute atomic E-state index is 12.1. The number of urea groups is 1. The number of carboxylic acid groups (broad SMARTS) is 1. The maximum atomic E-state index is 12.1. The van der Waals surface area contributed by atoms with Crippen LogP contribution in [0, 0.1) is 5.92 Å².